The van der Waals surface area contributed by atoms with Crippen molar-refractivity contribution in [2.24, 2.45) is 11.3 Å². The van der Waals surface area contributed by atoms with E-state index in [9.17, 15) is 0 Å². The summed E-state index contributed by atoms with van der Waals surface area (Å²) >= 11 is 0. The topological polar surface area (TPSA) is 9.23 Å². The van der Waals surface area contributed by atoms with Crippen molar-refractivity contribution in [3.63, 3.8) is 0 Å². The fourth-order valence-electron chi connectivity index (χ4n) is 2.33. The van der Waals surface area contributed by atoms with Crippen molar-refractivity contribution in [2.75, 3.05) is 0 Å². The van der Waals surface area contributed by atoms with E-state index in [2.05, 4.69) is 41.5 Å². The van der Waals surface area contributed by atoms with Crippen LogP contribution in [-0.2, 0) is 4.74 Å². The molecule has 0 aromatic heterocycles. The van der Waals surface area contributed by atoms with Crippen molar-refractivity contribution in [2.45, 2.75) is 72.5 Å². The molecule has 0 heterocycles. The average molecular weight is 198 g/mol. The highest BCUT2D eigenvalue weighted by molar-refractivity contribution is 4.85. The third-order valence-corrected chi connectivity index (χ3v) is 3.13. The molecule has 1 aliphatic rings. The predicted octanol–water partition coefficient (Wildman–Crippen LogP) is 4.02. The van der Waals surface area contributed by atoms with Crippen LogP contribution in [0.5, 0.6) is 0 Å². The summed E-state index contributed by atoms with van der Waals surface area (Å²) in [5.41, 5.74) is 0.480. The maximum Gasteiger partial charge on any atom is 0.0602 e. The SMILES string of the molecule is CC(C)(C)OC1CCC(C(C)(C)C)C1. The standard InChI is InChI=1S/C13H26O/c1-12(2,3)10-7-8-11(9-10)14-13(4,5)6/h10-11H,7-9H2,1-6H3. The van der Waals surface area contributed by atoms with Gasteiger partial charge in [-0.2, -0.15) is 0 Å². The van der Waals surface area contributed by atoms with E-state index < -0.39 is 0 Å². The Morgan fingerprint density at radius 1 is 0.929 bits per heavy atom. The molecule has 1 heteroatoms. The molecule has 0 radical (unpaired) electrons. The third-order valence-electron chi connectivity index (χ3n) is 3.13. The molecule has 0 bridgehead atoms. The number of hydrogen-bond acceptors (Lipinski definition) is 1. The zero-order valence-corrected chi connectivity index (χ0v) is 10.7. The second kappa shape index (κ2) is 3.84. The van der Waals surface area contributed by atoms with Gasteiger partial charge in [0.25, 0.3) is 0 Å². The molecule has 0 spiro atoms. The van der Waals surface area contributed by atoms with Crippen molar-refractivity contribution >= 4 is 0 Å². The minimum Gasteiger partial charge on any atom is -0.373 e. The van der Waals surface area contributed by atoms with Crippen LogP contribution in [0.4, 0.5) is 0 Å². The van der Waals surface area contributed by atoms with Gasteiger partial charge in [-0.1, -0.05) is 20.8 Å². The summed E-state index contributed by atoms with van der Waals surface area (Å²) in [7, 11) is 0. The third kappa shape index (κ3) is 3.61. The van der Waals surface area contributed by atoms with Gasteiger partial charge in [-0.05, 0) is 51.4 Å². The van der Waals surface area contributed by atoms with Gasteiger partial charge < -0.3 is 4.74 Å². The first kappa shape index (κ1) is 12.0. The molecule has 0 aromatic rings. The smallest absolute Gasteiger partial charge is 0.0602 e. The lowest BCUT2D eigenvalue weighted by molar-refractivity contribution is -0.0592. The zero-order valence-electron chi connectivity index (χ0n) is 10.7. The monoisotopic (exact) mass is 198 g/mol. The van der Waals surface area contributed by atoms with Crippen LogP contribution in [0.15, 0.2) is 0 Å². The number of rotatable bonds is 1. The van der Waals surface area contributed by atoms with Crippen LogP contribution in [0.2, 0.25) is 0 Å². The Morgan fingerprint density at radius 3 is 1.86 bits per heavy atom. The minimum atomic E-state index is 0.0252. The van der Waals surface area contributed by atoms with E-state index in [4.69, 9.17) is 4.74 Å². The second-order valence-corrected chi connectivity index (χ2v) is 6.73. The molecule has 1 aliphatic carbocycles. The summed E-state index contributed by atoms with van der Waals surface area (Å²) in [5.74, 6) is 0.842. The highest BCUT2D eigenvalue weighted by Gasteiger charge is 2.34. The van der Waals surface area contributed by atoms with E-state index in [0.29, 0.717) is 11.5 Å². The van der Waals surface area contributed by atoms with Crippen molar-refractivity contribution in [3.05, 3.63) is 0 Å². The largest absolute Gasteiger partial charge is 0.373 e. The fourth-order valence-corrected chi connectivity index (χ4v) is 2.33. The van der Waals surface area contributed by atoms with Crippen LogP contribution in [-0.4, -0.2) is 11.7 Å². The highest BCUT2D eigenvalue weighted by atomic mass is 16.5. The van der Waals surface area contributed by atoms with Gasteiger partial charge in [0.05, 0.1) is 11.7 Å². The van der Waals surface area contributed by atoms with E-state index in [1.165, 1.54) is 19.3 Å². The van der Waals surface area contributed by atoms with E-state index in [-0.39, 0.29) is 5.60 Å². The summed E-state index contributed by atoms with van der Waals surface area (Å²) in [4.78, 5) is 0. The fraction of sp³-hybridized carbons (Fsp3) is 1.00. The molecule has 0 amide bonds. The Labute approximate surface area is 89.2 Å². The maximum absolute atomic E-state index is 6.02. The van der Waals surface area contributed by atoms with Gasteiger partial charge >= 0.3 is 0 Å². The molecule has 1 saturated carbocycles. The minimum absolute atomic E-state index is 0.0252. The molecular formula is C13H26O. The van der Waals surface area contributed by atoms with E-state index in [1.807, 2.05) is 0 Å². The average Bonchev–Trinajstić information content (AvgIpc) is 2.29. The normalized spacial score (nSPS) is 29.6. The van der Waals surface area contributed by atoms with Crippen LogP contribution in [0.1, 0.15) is 60.8 Å². The number of hydrogen-bond donors (Lipinski definition) is 0. The van der Waals surface area contributed by atoms with Crippen molar-refractivity contribution in [1.82, 2.24) is 0 Å². The van der Waals surface area contributed by atoms with Crippen molar-refractivity contribution in [1.29, 1.82) is 0 Å². The molecule has 1 fully saturated rings. The molecule has 14 heavy (non-hydrogen) atoms. The first-order valence-electron chi connectivity index (χ1n) is 5.86. The van der Waals surface area contributed by atoms with Gasteiger partial charge in [0, 0.05) is 0 Å². The van der Waals surface area contributed by atoms with Gasteiger partial charge in [0.1, 0.15) is 0 Å². The molecule has 1 nitrogen and oxygen atoms in total. The van der Waals surface area contributed by atoms with Gasteiger partial charge in [-0.3, -0.25) is 0 Å². The van der Waals surface area contributed by atoms with E-state index in [0.717, 1.165) is 5.92 Å². The van der Waals surface area contributed by atoms with Crippen molar-refractivity contribution < 1.29 is 4.74 Å². The van der Waals surface area contributed by atoms with Gasteiger partial charge in [-0.25, -0.2) is 0 Å². The summed E-state index contributed by atoms with van der Waals surface area (Å²) < 4.78 is 6.02. The molecule has 2 atom stereocenters. The lowest BCUT2D eigenvalue weighted by Gasteiger charge is -2.28. The molecule has 0 N–H and O–H groups in total. The molecular weight excluding hydrogens is 172 g/mol. The molecule has 84 valence electrons. The van der Waals surface area contributed by atoms with Crippen LogP contribution < -0.4 is 0 Å². The summed E-state index contributed by atoms with van der Waals surface area (Å²) in [6.07, 6.45) is 4.34. The lowest BCUT2D eigenvalue weighted by Crippen LogP contribution is -2.26. The summed E-state index contributed by atoms with van der Waals surface area (Å²) in [5, 5.41) is 0. The van der Waals surface area contributed by atoms with Gasteiger partial charge in [0.15, 0.2) is 0 Å². The Balaban J connectivity index is 2.42. The summed E-state index contributed by atoms with van der Waals surface area (Å²) in [6.45, 7) is 13.5. The molecule has 1 rings (SSSR count). The molecule has 2 unspecified atom stereocenters. The van der Waals surface area contributed by atoms with Crippen LogP contribution in [0, 0.1) is 11.3 Å². The van der Waals surface area contributed by atoms with E-state index in [1.54, 1.807) is 0 Å². The van der Waals surface area contributed by atoms with Crippen molar-refractivity contribution in [3.8, 4) is 0 Å². The molecule has 0 aromatic carbocycles. The Hall–Kier alpha value is -0.0400. The second-order valence-electron chi connectivity index (χ2n) is 6.73. The lowest BCUT2D eigenvalue weighted by atomic mass is 9.80. The van der Waals surface area contributed by atoms with E-state index >= 15 is 0 Å². The summed E-state index contributed by atoms with van der Waals surface area (Å²) in [6, 6.07) is 0. The molecule has 0 saturated heterocycles. The predicted molar refractivity (Wildman–Crippen MR) is 61.4 cm³/mol. The number of ether oxygens (including phenoxy) is 1. The Bertz CT molecular complexity index is 182. The highest BCUT2D eigenvalue weighted by Crippen LogP contribution is 2.41. The van der Waals surface area contributed by atoms with Crippen LogP contribution in [0.3, 0.4) is 0 Å². The van der Waals surface area contributed by atoms with Crippen LogP contribution in [0.25, 0.3) is 0 Å². The quantitative estimate of drug-likeness (QED) is 0.618. The maximum atomic E-state index is 6.02. The zero-order chi connectivity index (χ0) is 11.0. The Morgan fingerprint density at radius 2 is 1.50 bits per heavy atom. The Kier molecular flexibility index (Phi) is 3.30. The first-order valence-corrected chi connectivity index (χ1v) is 5.86. The molecule has 0 aliphatic heterocycles. The van der Waals surface area contributed by atoms with Gasteiger partial charge in [-0.15, -0.1) is 0 Å². The first-order chi connectivity index (χ1) is 6.18. The van der Waals surface area contributed by atoms with Crippen LogP contribution >= 0.6 is 0 Å². The van der Waals surface area contributed by atoms with Gasteiger partial charge in [0.2, 0.25) is 0 Å².